The topological polar surface area (TPSA) is 62.8 Å². The highest BCUT2D eigenvalue weighted by molar-refractivity contribution is 9.10. The van der Waals surface area contributed by atoms with Crippen molar-refractivity contribution in [2.45, 2.75) is 0 Å². The average Bonchev–Trinajstić information content (AvgIpc) is 3.04. The highest BCUT2D eigenvalue weighted by atomic mass is 79.9. The summed E-state index contributed by atoms with van der Waals surface area (Å²) in [5.41, 5.74) is 1.37. The van der Waals surface area contributed by atoms with Gasteiger partial charge in [-0.05, 0) is 48.5 Å². The molecular weight excluding hydrogens is 424 g/mol. The van der Waals surface area contributed by atoms with Crippen LogP contribution in [0.15, 0.2) is 63.7 Å². The third-order valence-corrected chi connectivity index (χ3v) is 4.37. The van der Waals surface area contributed by atoms with Gasteiger partial charge in [0.1, 0.15) is 5.69 Å². The molecule has 0 aliphatic heterocycles. The van der Waals surface area contributed by atoms with E-state index in [0.717, 1.165) is 8.95 Å². The van der Waals surface area contributed by atoms with Gasteiger partial charge in [-0.1, -0.05) is 31.9 Å². The van der Waals surface area contributed by atoms with E-state index in [2.05, 4.69) is 42.1 Å². The molecule has 0 saturated heterocycles. The fourth-order valence-corrected chi connectivity index (χ4v) is 2.66. The first-order chi connectivity index (χ1) is 11.1. The molecule has 0 spiro atoms. The maximum Gasteiger partial charge on any atom is 0.213 e. The van der Waals surface area contributed by atoms with Crippen LogP contribution in [-0.4, -0.2) is 21.8 Å². The number of H-pyrrole nitrogens is 1. The maximum atomic E-state index is 12.6. The van der Waals surface area contributed by atoms with Crippen LogP contribution in [0.2, 0.25) is 0 Å². The molecule has 4 nitrogen and oxygen atoms in total. The van der Waals surface area contributed by atoms with E-state index >= 15 is 0 Å². The Morgan fingerprint density at radius 3 is 1.78 bits per heavy atom. The van der Waals surface area contributed by atoms with E-state index in [-0.39, 0.29) is 22.8 Å². The van der Waals surface area contributed by atoms with Gasteiger partial charge in [0.25, 0.3) is 0 Å². The van der Waals surface area contributed by atoms with Gasteiger partial charge >= 0.3 is 0 Å². The molecule has 3 rings (SSSR count). The molecule has 0 amide bonds. The van der Waals surface area contributed by atoms with Gasteiger partial charge in [0.2, 0.25) is 5.78 Å². The van der Waals surface area contributed by atoms with Crippen LogP contribution in [-0.2, 0) is 0 Å². The zero-order valence-corrected chi connectivity index (χ0v) is 14.9. The van der Waals surface area contributed by atoms with Crippen molar-refractivity contribution >= 4 is 43.4 Å². The number of hydrogen-bond acceptors (Lipinski definition) is 3. The first-order valence-electron chi connectivity index (χ1n) is 6.70. The van der Waals surface area contributed by atoms with E-state index < -0.39 is 0 Å². The summed E-state index contributed by atoms with van der Waals surface area (Å²) in [6, 6.07) is 13.9. The molecule has 0 fully saturated rings. The second-order valence-corrected chi connectivity index (χ2v) is 6.65. The minimum Gasteiger partial charge on any atom is -0.288 e. The van der Waals surface area contributed by atoms with Crippen LogP contribution in [0, 0.1) is 0 Å². The number of ketones is 2. The van der Waals surface area contributed by atoms with Gasteiger partial charge in [-0.2, -0.15) is 5.10 Å². The first kappa shape index (κ1) is 15.8. The minimum absolute atomic E-state index is 0.125. The van der Waals surface area contributed by atoms with Gasteiger partial charge in [0.15, 0.2) is 5.78 Å². The van der Waals surface area contributed by atoms with Gasteiger partial charge in [0, 0.05) is 26.3 Å². The van der Waals surface area contributed by atoms with Crippen molar-refractivity contribution < 1.29 is 9.59 Å². The molecule has 0 aliphatic rings. The fraction of sp³-hybridized carbons (Fsp3) is 0. The van der Waals surface area contributed by atoms with Crippen molar-refractivity contribution in [3.05, 3.63) is 86.1 Å². The van der Waals surface area contributed by atoms with E-state index in [0.29, 0.717) is 11.1 Å². The number of nitrogens with one attached hydrogen (secondary N) is 1. The minimum atomic E-state index is -0.292. The van der Waals surface area contributed by atoms with Crippen LogP contribution in [0.4, 0.5) is 0 Å². The Hall–Kier alpha value is -2.05. The van der Waals surface area contributed by atoms with Crippen molar-refractivity contribution in [1.29, 1.82) is 0 Å². The molecule has 3 aromatic rings. The van der Waals surface area contributed by atoms with E-state index in [1.54, 1.807) is 48.5 Å². The lowest BCUT2D eigenvalue weighted by atomic mass is 9.99. The molecule has 1 heterocycles. The number of nitrogens with zero attached hydrogens (tertiary/aromatic N) is 1. The van der Waals surface area contributed by atoms with Crippen molar-refractivity contribution in [1.82, 2.24) is 10.2 Å². The summed E-state index contributed by atoms with van der Waals surface area (Å²) < 4.78 is 1.76. The Bertz CT molecular complexity index is 796. The van der Waals surface area contributed by atoms with Gasteiger partial charge < -0.3 is 0 Å². The number of rotatable bonds is 4. The molecule has 0 aliphatic carbocycles. The van der Waals surface area contributed by atoms with Gasteiger partial charge in [-0.15, -0.1) is 0 Å². The zero-order chi connectivity index (χ0) is 16.4. The summed E-state index contributed by atoms with van der Waals surface area (Å²) >= 11 is 6.66. The number of aromatic nitrogens is 2. The van der Waals surface area contributed by atoms with E-state index in [1.165, 1.54) is 6.20 Å². The first-order valence-corrected chi connectivity index (χ1v) is 8.29. The van der Waals surface area contributed by atoms with Gasteiger partial charge in [-0.3, -0.25) is 14.7 Å². The smallest absolute Gasteiger partial charge is 0.213 e. The monoisotopic (exact) mass is 432 g/mol. The van der Waals surface area contributed by atoms with Crippen LogP contribution in [0.1, 0.15) is 32.0 Å². The summed E-state index contributed by atoms with van der Waals surface area (Å²) in [6.45, 7) is 0. The molecule has 0 atom stereocenters. The molecule has 114 valence electrons. The molecule has 6 heteroatoms. The van der Waals surface area contributed by atoms with Crippen molar-refractivity contribution in [3.8, 4) is 0 Å². The number of aromatic amines is 1. The van der Waals surface area contributed by atoms with Crippen LogP contribution in [0.25, 0.3) is 0 Å². The Labute approximate surface area is 149 Å². The molecule has 1 aromatic heterocycles. The molecular formula is C17H10Br2N2O2. The lowest BCUT2D eigenvalue weighted by Gasteiger charge is -2.03. The van der Waals surface area contributed by atoms with E-state index in [9.17, 15) is 9.59 Å². The lowest BCUT2D eigenvalue weighted by Crippen LogP contribution is -2.10. The number of hydrogen-bond donors (Lipinski definition) is 1. The predicted molar refractivity (Wildman–Crippen MR) is 93.7 cm³/mol. The normalized spacial score (nSPS) is 10.5. The largest absolute Gasteiger partial charge is 0.288 e. The van der Waals surface area contributed by atoms with Crippen LogP contribution >= 0.6 is 31.9 Å². The summed E-state index contributed by atoms with van der Waals surface area (Å²) in [7, 11) is 0. The van der Waals surface area contributed by atoms with Gasteiger partial charge in [0.05, 0.1) is 5.56 Å². The highest BCUT2D eigenvalue weighted by Gasteiger charge is 2.22. The molecule has 0 saturated carbocycles. The fourth-order valence-electron chi connectivity index (χ4n) is 2.13. The second kappa shape index (κ2) is 6.60. The molecule has 0 bridgehead atoms. The predicted octanol–water partition coefficient (Wildman–Crippen LogP) is 4.40. The number of carbonyl (C=O) groups excluding carboxylic acids is 2. The summed E-state index contributed by atoms with van der Waals surface area (Å²) in [5, 5.41) is 6.57. The maximum absolute atomic E-state index is 12.6. The molecule has 0 unspecified atom stereocenters. The van der Waals surface area contributed by atoms with Crippen LogP contribution in [0.5, 0.6) is 0 Å². The number of benzene rings is 2. The molecule has 0 radical (unpaired) electrons. The average molecular weight is 434 g/mol. The van der Waals surface area contributed by atoms with Gasteiger partial charge in [-0.25, -0.2) is 0 Å². The quantitative estimate of drug-likeness (QED) is 0.620. The number of carbonyl (C=O) groups is 2. The van der Waals surface area contributed by atoms with Crippen LogP contribution in [0.3, 0.4) is 0 Å². The Balaban J connectivity index is 1.96. The Morgan fingerprint density at radius 1 is 0.783 bits per heavy atom. The number of halogens is 2. The molecule has 2 aromatic carbocycles. The zero-order valence-electron chi connectivity index (χ0n) is 11.7. The third-order valence-electron chi connectivity index (χ3n) is 3.31. The van der Waals surface area contributed by atoms with Crippen molar-refractivity contribution in [2.24, 2.45) is 0 Å². The van der Waals surface area contributed by atoms with E-state index in [4.69, 9.17) is 0 Å². The summed E-state index contributed by atoms with van der Waals surface area (Å²) in [5.74, 6) is -0.536. The van der Waals surface area contributed by atoms with E-state index in [1.807, 2.05) is 0 Å². The third kappa shape index (κ3) is 3.33. The van der Waals surface area contributed by atoms with Crippen molar-refractivity contribution in [2.75, 3.05) is 0 Å². The Kier molecular flexibility index (Phi) is 4.54. The summed E-state index contributed by atoms with van der Waals surface area (Å²) in [4.78, 5) is 25.2. The Morgan fingerprint density at radius 2 is 1.26 bits per heavy atom. The van der Waals surface area contributed by atoms with Crippen LogP contribution < -0.4 is 0 Å². The molecule has 23 heavy (non-hydrogen) atoms. The van der Waals surface area contributed by atoms with Crippen molar-refractivity contribution in [3.63, 3.8) is 0 Å². The second-order valence-electron chi connectivity index (χ2n) is 4.82. The summed E-state index contributed by atoms with van der Waals surface area (Å²) in [6.07, 6.45) is 1.45. The molecule has 1 N–H and O–H groups in total. The SMILES string of the molecule is O=C(c1ccc(Br)cc1)c1c[nH]nc1C(=O)c1ccc(Br)cc1. The highest BCUT2D eigenvalue weighted by Crippen LogP contribution is 2.19. The standard InChI is InChI=1S/C17H10Br2N2O2/c18-12-5-1-10(2-6-12)16(22)14-9-20-21-15(14)17(23)11-3-7-13(19)8-4-11/h1-9H,(H,20,21). The lowest BCUT2D eigenvalue weighted by molar-refractivity contribution is 0.100.